The van der Waals surface area contributed by atoms with Crippen LogP contribution in [0.3, 0.4) is 0 Å². The summed E-state index contributed by atoms with van der Waals surface area (Å²) in [5, 5.41) is 27.4. The molecule has 11 nitrogen and oxygen atoms in total. The molecule has 1 saturated heterocycles. The summed E-state index contributed by atoms with van der Waals surface area (Å²) in [6.07, 6.45) is -0.191. The molecule has 2 aromatic heterocycles. The monoisotopic (exact) mass is 306 g/mol. The molecule has 3 heterocycles. The number of hydrogen-bond donors (Lipinski definition) is 3. The van der Waals surface area contributed by atoms with E-state index in [1.165, 1.54) is 17.0 Å². The van der Waals surface area contributed by atoms with Crippen molar-refractivity contribution < 1.29 is 14.9 Å². The normalized spacial score (nSPS) is 31.3. The van der Waals surface area contributed by atoms with E-state index in [4.69, 9.17) is 16.0 Å². The molecule has 0 spiro atoms. The van der Waals surface area contributed by atoms with Crippen molar-refractivity contribution in [3.05, 3.63) is 28.7 Å². The maximum Gasteiger partial charge on any atom is 0.196 e. The van der Waals surface area contributed by atoms with Gasteiger partial charge in [-0.2, -0.15) is 5.10 Å². The van der Waals surface area contributed by atoms with Gasteiger partial charge < -0.3 is 20.7 Å². The number of nitrogen functional groups attached to an aromatic ring is 1. The number of aliphatic hydroxyl groups is 2. The van der Waals surface area contributed by atoms with Crippen molar-refractivity contribution in [1.29, 1.82) is 0 Å². The minimum absolute atomic E-state index is 0.184. The van der Waals surface area contributed by atoms with E-state index in [1.807, 2.05) is 0 Å². The van der Waals surface area contributed by atoms with E-state index in [0.717, 1.165) is 0 Å². The van der Waals surface area contributed by atoms with E-state index in [0.29, 0.717) is 11.3 Å². The van der Waals surface area contributed by atoms with Crippen LogP contribution in [0, 0.1) is 0 Å². The Labute approximate surface area is 124 Å². The second-order valence-corrected chi connectivity index (χ2v) is 5.16. The summed E-state index contributed by atoms with van der Waals surface area (Å²) in [6, 6.07) is 0. The van der Waals surface area contributed by atoms with Crippen LogP contribution in [-0.4, -0.2) is 54.1 Å². The van der Waals surface area contributed by atoms with Crippen LogP contribution in [0.1, 0.15) is 18.7 Å². The first-order chi connectivity index (χ1) is 10.5. The van der Waals surface area contributed by atoms with Crippen molar-refractivity contribution >= 4 is 11.5 Å². The van der Waals surface area contributed by atoms with Crippen LogP contribution in [0.25, 0.3) is 16.1 Å². The number of fused-ring (bicyclic) bond motifs is 1. The topological polar surface area (TPSA) is 168 Å². The molecule has 11 heteroatoms. The molecule has 0 aromatic carbocycles. The van der Waals surface area contributed by atoms with Crippen LogP contribution < -0.4 is 5.73 Å². The number of rotatable bonds is 3. The van der Waals surface area contributed by atoms with Gasteiger partial charge in [0.05, 0.1) is 24.6 Å². The largest absolute Gasteiger partial charge is 0.394 e. The average molecular weight is 306 g/mol. The summed E-state index contributed by atoms with van der Waals surface area (Å²) in [7, 11) is 0. The van der Waals surface area contributed by atoms with E-state index in [2.05, 4.69) is 25.1 Å². The second-order valence-electron chi connectivity index (χ2n) is 5.16. The Balaban J connectivity index is 2.16. The van der Waals surface area contributed by atoms with E-state index in [1.54, 1.807) is 6.92 Å². The van der Waals surface area contributed by atoms with Gasteiger partial charge in [0.1, 0.15) is 24.1 Å². The van der Waals surface area contributed by atoms with Gasteiger partial charge in [0.2, 0.25) is 0 Å². The Bertz CT molecular complexity index is 757. The van der Waals surface area contributed by atoms with Gasteiger partial charge in [-0.3, -0.25) is 0 Å². The molecule has 1 fully saturated rings. The third kappa shape index (κ3) is 1.88. The fourth-order valence-corrected chi connectivity index (χ4v) is 2.67. The molecule has 22 heavy (non-hydrogen) atoms. The van der Waals surface area contributed by atoms with Gasteiger partial charge in [-0.1, -0.05) is 5.11 Å². The van der Waals surface area contributed by atoms with Crippen LogP contribution >= 0.6 is 0 Å². The number of ether oxygens (including phenoxy) is 1. The average Bonchev–Trinajstić information content (AvgIpc) is 3.02. The zero-order valence-corrected chi connectivity index (χ0v) is 11.6. The molecule has 0 saturated carbocycles. The summed E-state index contributed by atoms with van der Waals surface area (Å²) in [5.41, 5.74) is 14.0. The summed E-state index contributed by atoms with van der Waals surface area (Å²) in [5.74, 6) is 0.184. The highest BCUT2D eigenvalue weighted by molar-refractivity contribution is 5.59. The summed E-state index contributed by atoms with van der Waals surface area (Å²) >= 11 is 0. The molecule has 0 bridgehead atoms. The predicted molar refractivity (Wildman–Crippen MR) is 73.5 cm³/mol. The van der Waals surface area contributed by atoms with Crippen LogP contribution in [-0.2, 0) is 4.74 Å². The Morgan fingerprint density at radius 1 is 1.59 bits per heavy atom. The highest BCUT2D eigenvalue weighted by Gasteiger charge is 2.54. The molecule has 1 aliphatic rings. The molecule has 0 aliphatic carbocycles. The Morgan fingerprint density at radius 2 is 2.36 bits per heavy atom. The van der Waals surface area contributed by atoms with E-state index < -0.39 is 30.5 Å². The molecule has 2 aromatic rings. The second kappa shape index (κ2) is 5.07. The number of nitrogens with two attached hydrogens (primary N) is 1. The van der Waals surface area contributed by atoms with Gasteiger partial charge in [-0.15, -0.1) is 0 Å². The standard InChI is InChI=1S/C11H14N8O3/c1-11(17-18-13)7(21)6(3-20)22-8(11)5-2-14-10-9(12)15-4-16-19(5)10/h2,4,6-8,20-21H,3H2,1H3,(H2,12,15,16)/t6-,7-,8+,11-/m1/s1. The van der Waals surface area contributed by atoms with Gasteiger partial charge in [-0.05, 0) is 12.5 Å². The lowest BCUT2D eigenvalue weighted by Crippen LogP contribution is -2.41. The molecule has 4 atom stereocenters. The van der Waals surface area contributed by atoms with Crippen LogP contribution in [0.2, 0.25) is 0 Å². The maximum absolute atomic E-state index is 10.3. The van der Waals surface area contributed by atoms with Crippen molar-refractivity contribution in [3.63, 3.8) is 0 Å². The Kier molecular flexibility index (Phi) is 3.34. The quantitative estimate of drug-likeness (QED) is 0.392. The summed E-state index contributed by atoms with van der Waals surface area (Å²) < 4.78 is 7.06. The zero-order chi connectivity index (χ0) is 15.9. The third-order valence-corrected chi connectivity index (χ3v) is 3.86. The molecule has 0 unspecified atom stereocenters. The minimum Gasteiger partial charge on any atom is -0.394 e. The first-order valence-electron chi connectivity index (χ1n) is 6.47. The number of hydrogen-bond acceptors (Lipinski definition) is 8. The lowest BCUT2D eigenvalue weighted by molar-refractivity contribution is -0.0241. The predicted octanol–water partition coefficient (Wildman–Crippen LogP) is -0.431. The first-order valence-corrected chi connectivity index (χ1v) is 6.47. The van der Waals surface area contributed by atoms with Crippen LogP contribution in [0.4, 0.5) is 5.82 Å². The molecule has 0 amide bonds. The fraction of sp³-hybridized carbons (Fsp3) is 0.545. The van der Waals surface area contributed by atoms with E-state index >= 15 is 0 Å². The van der Waals surface area contributed by atoms with Gasteiger partial charge >= 0.3 is 0 Å². The van der Waals surface area contributed by atoms with Crippen molar-refractivity contribution in [1.82, 2.24) is 19.6 Å². The molecule has 116 valence electrons. The summed E-state index contributed by atoms with van der Waals surface area (Å²) in [6.45, 7) is 1.13. The summed E-state index contributed by atoms with van der Waals surface area (Å²) in [4.78, 5) is 10.7. The zero-order valence-electron chi connectivity index (χ0n) is 11.6. The third-order valence-electron chi connectivity index (χ3n) is 3.86. The molecule has 4 N–H and O–H groups in total. The maximum atomic E-state index is 10.3. The number of anilines is 1. The van der Waals surface area contributed by atoms with Crippen LogP contribution in [0.15, 0.2) is 17.6 Å². The number of azide groups is 1. The van der Waals surface area contributed by atoms with Gasteiger partial charge in [-0.25, -0.2) is 14.5 Å². The van der Waals surface area contributed by atoms with Crippen LogP contribution in [0.5, 0.6) is 0 Å². The van der Waals surface area contributed by atoms with Crippen molar-refractivity contribution in [2.75, 3.05) is 12.3 Å². The highest BCUT2D eigenvalue weighted by atomic mass is 16.5. The number of aromatic nitrogens is 4. The lowest BCUT2D eigenvalue weighted by atomic mass is 9.88. The van der Waals surface area contributed by atoms with Gasteiger partial charge in [0.15, 0.2) is 11.5 Å². The molecular weight excluding hydrogens is 292 g/mol. The smallest absolute Gasteiger partial charge is 0.196 e. The SMILES string of the molecule is C[C@@]1(N=[N+]=[N-])[C@H](O)[C@@H](CO)O[C@H]1c1cnc2c(N)ncnn12. The van der Waals surface area contributed by atoms with Crippen molar-refractivity contribution in [3.8, 4) is 0 Å². The van der Waals surface area contributed by atoms with E-state index in [9.17, 15) is 10.2 Å². The first kappa shape index (κ1) is 14.5. The molecular formula is C11H14N8O3. The fourth-order valence-electron chi connectivity index (χ4n) is 2.67. The van der Waals surface area contributed by atoms with Crippen molar-refractivity contribution in [2.24, 2.45) is 5.11 Å². The molecule has 1 aliphatic heterocycles. The Morgan fingerprint density at radius 3 is 3.05 bits per heavy atom. The van der Waals surface area contributed by atoms with E-state index in [-0.39, 0.29) is 5.82 Å². The lowest BCUT2D eigenvalue weighted by Gasteiger charge is -2.26. The molecule has 3 rings (SSSR count). The van der Waals surface area contributed by atoms with Gasteiger partial charge in [0.25, 0.3) is 0 Å². The Hall–Kier alpha value is -2.46. The number of imidazole rings is 1. The van der Waals surface area contributed by atoms with Crippen molar-refractivity contribution in [2.45, 2.75) is 30.8 Å². The highest BCUT2D eigenvalue weighted by Crippen LogP contribution is 2.44. The minimum atomic E-state index is -1.32. The number of aliphatic hydroxyl groups excluding tert-OH is 2. The number of nitrogens with zero attached hydrogens (tertiary/aromatic N) is 7. The molecule has 0 radical (unpaired) electrons. The van der Waals surface area contributed by atoms with Gasteiger partial charge in [0, 0.05) is 4.91 Å².